The van der Waals surface area contributed by atoms with Crippen LogP contribution in [0.5, 0.6) is 0 Å². The van der Waals surface area contributed by atoms with Gasteiger partial charge in [-0.25, -0.2) is 0 Å². The SMILES string of the molecule is O=C(O)CS(=O)Cc1ccc(Cl)cc1. The van der Waals surface area contributed by atoms with Gasteiger partial charge in [0.1, 0.15) is 5.75 Å². The lowest BCUT2D eigenvalue weighted by Gasteiger charge is -1.99. The zero-order chi connectivity index (χ0) is 10.6. The van der Waals surface area contributed by atoms with E-state index in [1.165, 1.54) is 0 Å². The van der Waals surface area contributed by atoms with Gasteiger partial charge in [-0.15, -0.1) is 0 Å². The first-order valence-corrected chi connectivity index (χ1v) is 5.76. The van der Waals surface area contributed by atoms with Crippen molar-refractivity contribution >= 4 is 28.4 Å². The molecule has 0 amide bonds. The van der Waals surface area contributed by atoms with Crippen LogP contribution >= 0.6 is 11.6 Å². The van der Waals surface area contributed by atoms with Gasteiger partial charge in [-0.2, -0.15) is 0 Å². The molecule has 1 unspecified atom stereocenters. The maximum atomic E-state index is 11.2. The standard InChI is InChI=1S/C9H9ClO3S/c10-8-3-1-7(2-4-8)5-14(13)6-9(11)12/h1-4H,5-6H2,(H,11,12). The van der Waals surface area contributed by atoms with Crippen LogP contribution in [-0.2, 0) is 21.3 Å². The summed E-state index contributed by atoms with van der Waals surface area (Å²) < 4.78 is 11.2. The highest BCUT2D eigenvalue weighted by Crippen LogP contribution is 2.10. The van der Waals surface area contributed by atoms with E-state index >= 15 is 0 Å². The van der Waals surface area contributed by atoms with E-state index in [-0.39, 0.29) is 11.5 Å². The average Bonchev–Trinajstić information content (AvgIpc) is 2.07. The largest absolute Gasteiger partial charge is 0.481 e. The minimum atomic E-state index is -1.35. The number of carbonyl (C=O) groups is 1. The molecule has 1 rings (SSSR count). The molecule has 0 radical (unpaired) electrons. The summed E-state index contributed by atoms with van der Waals surface area (Å²) in [4.78, 5) is 10.2. The number of rotatable bonds is 4. The molecule has 0 aromatic heterocycles. The summed E-state index contributed by atoms with van der Waals surface area (Å²) in [6, 6.07) is 6.86. The Kier molecular flexibility index (Phi) is 4.10. The Balaban J connectivity index is 2.56. The first kappa shape index (κ1) is 11.2. The molecule has 76 valence electrons. The fourth-order valence-corrected chi connectivity index (χ4v) is 2.02. The molecule has 5 heteroatoms. The number of hydrogen-bond acceptors (Lipinski definition) is 2. The topological polar surface area (TPSA) is 54.4 Å². The zero-order valence-electron chi connectivity index (χ0n) is 7.27. The molecule has 0 saturated carbocycles. The van der Waals surface area contributed by atoms with E-state index in [1.807, 2.05) is 0 Å². The van der Waals surface area contributed by atoms with Crippen LogP contribution in [0.3, 0.4) is 0 Å². The van der Waals surface area contributed by atoms with Crippen molar-refractivity contribution in [2.24, 2.45) is 0 Å². The Morgan fingerprint density at radius 1 is 1.36 bits per heavy atom. The zero-order valence-corrected chi connectivity index (χ0v) is 8.85. The molecule has 0 fully saturated rings. The van der Waals surface area contributed by atoms with Crippen LogP contribution in [-0.4, -0.2) is 21.0 Å². The minimum Gasteiger partial charge on any atom is -0.481 e. The summed E-state index contributed by atoms with van der Waals surface area (Å²) in [6.07, 6.45) is 0. The minimum absolute atomic E-state index is 0.253. The van der Waals surface area contributed by atoms with Gasteiger partial charge in [-0.3, -0.25) is 9.00 Å². The van der Waals surface area contributed by atoms with Crippen molar-refractivity contribution in [3.05, 3.63) is 34.9 Å². The van der Waals surface area contributed by atoms with Crippen molar-refractivity contribution in [2.75, 3.05) is 5.75 Å². The van der Waals surface area contributed by atoms with Gasteiger partial charge in [0.2, 0.25) is 0 Å². The normalized spacial score (nSPS) is 12.4. The third-order valence-electron chi connectivity index (χ3n) is 1.53. The monoisotopic (exact) mass is 232 g/mol. The molecule has 1 atom stereocenters. The molecule has 0 saturated heterocycles. The number of hydrogen-bond donors (Lipinski definition) is 1. The third-order valence-corrected chi connectivity index (χ3v) is 3.00. The smallest absolute Gasteiger partial charge is 0.316 e. The van der Waals surface area contributed by atoms with E-state index in [0.717, 1.165) is 5.56 Å². The predicted octanol–water partition coefficient (Wildman–Crippen LogP) is 1.67. The van der Waals surface area contributed by atoms with Gasteiger partial charge in [0, 0.05) is 21.6 Å². The third kappa shape index (κ3) is 3.89. The molecular formula is C9H9ClO3S. The highest BCUT2D eigenvalue weighted by atomic mass is 35.5. The van der Waals surface area contributed by atoms with Crippen molar-refractivity contribution in [3.8, 4) is 0 Å². The molecule has 0 spiro atoms. The molecule has 0 aliphatic rings. The molecule has 14 heavy (non-hydrogen) atoms. The summed E-state index contributed by atoms with van der Waals surface area (Å²) in [6.45, 7) is 0. The number of aliphatic carboxylic acids is 1. The fraction of sp³-hybridized carbons (Fsp3) is 0.222. The molecule has 3 nitrogen and oxygen atoms in total. The average molecular weight is 233 g/mol. The lowest BCUT2D eigenvalue weighted by molar-refractivity contribution is -0.133. The number of carboxylic acid groups (broad SMARTS) is 1. The van der Waals surface area contributed by atoms with Gasteiger partial charge in [0.15, 0.2) is 0 Å². The number of halogens is 1. The number of carboxylic acids is 1. The molecule has 0 aliphatic carbocycles. The van der Waals surface area contributed by atoms with E-state index in [4.69, 9.17) is 16.7 Å². The van der Waals surface area contributed by atoms with E-state index in [0.29, 0.717) is 5.02 Å². The lowest BCUT2D eigenvalue weighted by Crippen LogP contribution is -2.10. The second-order valence-electron chi connectivity index (χ2n) is 2.75. The molecule has 1 aromatic carbocycles. The van der Waals surface area contributed by atoms with Crippen LogP contribution < -0.4 is 0 Å². The Bertz CT molecular complexity index is 348. The summed E-state index contributed by atoms with van der Waals surface area (Å²) in [7, 11) is -1.35. The lowest BCUT2D eigenvalue weighted by atomic mass is 10.2. The van der Waals surface area contributed by atoms with Crippen LogP contribution in [0.15, 0.2) is 24.3 Å². The molecule has 0 heterocycles. The molecule has 0 bridgehead atoms. The van der Waals surface area contributed by atoms with Gasteiger partial charge < -0.3 is 5.11 Å². The van der Waals surface area contributed by atoms with Crippen molar-refractivity contribution < 1.29 is 14.1 Å². The Morgan fingerprint density at radius 2 is 1.93 bits per heavy atom. The van der Waals surface area contributed by atoms with Crippen molar-refractivity contribution in [3.63, 3.8) is 0 Å². The highest BCUT2D eigenvalue weighted by molar-refractivity contribution is 7.84. The molecular weight excluding hydrogens is 224 g/mol. The summed E-state index contributed by atoms with van der Waals surface area (Å²) in [5.74, 6) is -1.11. The van der Waals surface area contributed by atoms with E-state index in [2.05, 4.69) is 0 Å². The van der Waals surface area contributed by atoms with Gasteiger partial charge in [-0.05, 0) is 17.7 Å². The van der Waals surface area contributed by atoms with Crippen molar-refractivity contribution in [2.45, 2.75) is 5.75 Å². The second kappa shape index (κ2) is 5.12. The quantitative estimate of drug-likeness (QED) is 0.859. The van der Waals surface area contributed by atoms with Crippen molar-refractivity contribution in [1.82, 2.24) is 0 Å². The summed E-state index contributed by atoms with van der Waals surface area (Å²) in [5, 5.41) is 9.00. The highest BCUT2D eigenvalue weighted by Gasteiger charge is 2.06. The van der Waals surface area contributed by atoms with Crippen LogP contribution in [0.4, 0.5) is 0 Å². The Morgan fingerprint density at radius 3 is 2.43 bits per heavy atom. The van der Waals surface area contributed by atoms with Gasteiger partial charge in [0.25, 0.3) is 0 Å². The Labute approximate surface area is 89.2 Å². The molecule has 1 N–H and O–H groups in total. The van der Waals surface area contributed by atoms with Crippen LogP contribution in [0.2, 0.25) is 5.02 Å². The Hall–Kier alpha value is -0.870. The molecule has 0 aliphatic heterocycles. The van der Waals surface area contributed by atoms with Crippen LogP contribution in [0, 0.1) is 0 Å². The molecule has 1 aromatic rings. The summed E-state index contributed by atoms with van der Waals surface area (Å²) >= 11 is 5.66. The van der Waals surface area contributed by atoms with E-state index in [1.54, 1.807) is 24.3 Å². The fourth-order valence-electron chi connectivity index (χ4n) is 0.955. The van der Waals surface area contributed by atoms with Crippen LogP contribution in [0.25, 0.3) is 0 Å². The van der Waals surface area contributed by atoms with Crippen LogP contribution in [0.1, 0.15) is 5.56 Å². The van der Waals surface area contributed by atoms with Crippen molar-refractivity contribution in [1.29, 1.82) is 0 Å². The first-order chi connectivity index (χ1) is 6.58. The van der Waals surface area contributed by atoms with E-state index < -0.39 is 16.8 Å². The van der Waals surface area contributed by atoms with Gasteiger partial charge in [0.05, 0.1) is 0 Å². The summed E-state index contributed by atoms with van der Waals surface area (Å²) in [5.41, 5.74) is 0.828. The first-order valence-electron chi connectivity index (χ1n) is 3.89. The van der Waals surface area contributed by atoms with Gasteiger partial charge in [-0.1, -0.05) is 23.7 Å². The maximum Gasteiger partial charge on any atom is 0.316 e. The number of benzene rings is 1. The van der Waals surface area contributed by atoms with Gasteiger partial charge >= 0.3 is 5.97 Å². The van der Waals surface area contributed by atoms with E-state index in [9.17, 15) is 9.00 Å². The predicted molar refractivity (Wildman–Crippen MR) is 55.8 cm³/mol. The second-order valence-corrected chi connectivity index (χ2v) is 4.64. The maximum absolute atomic E-state index is 11.2.